The number of hydrogen-bond acceptors (Lipinski definition) is 3. The molecule has 1 aromatic carbocycles. The molecule has 6 heteroatoms. The third-order valence-electron chi connectivity index (χ3n) is 6.58. The highest BCUT2D eigenvalue weighted by Gasteiger charge is 2.38. The topological polar surface area (TPSA) is 70.7 Å². The van der Waals surface area contributed by atoms with Crippen molar-refractivity contribution in [3.05, 3.63) is 29.8 Å². The fourth-order valence-electron chi connectivity index (χ4n) is 4.56. The number of ether oxygens (including phenoxy) is 1. The number of amides is 3. The van der Waals surface area contributed by atoms with Gasteiger partial charge in [-0.05, 0) is 55.7 Å². The van der Waals surface area contributed by atoms with Crippen molar-refractivity contribution in [1.82, 2.24) is 15.5 Å². The lowest BCUT2D eigenvalue weighted by Crippen LogP contribution is -2.58. The highest BCUT2D eigenvalue weighted by atomic mass is 16.5. The molecular weight excluding hydrogens is 414 g/mol. The molecule has 0 aliphatic carbocycles. The van der Waals surface area contributed by atoms with E-state index >= 15 is 0 Å². The van der Waals surface area contributed by atoms with E-state index < -0.39 is 6.04 Å². The molecule has 1 aliphatic heterocycles. The van der Waals surface area contributed by atoms with Gasteiger partial charge in [0.2, 0.25) is 5.91 Å². The maximum absolute atomic E-state index is 13.3. The molecule has 2 rings (SSSR count). The van der Waals surface area contributed by atoms with Gasteiger partial charge in [0.25, 0.3) is 0 Å². The summed E-state index contributed by atoms with van der Waals surface area (Å²) in [5, 5.41) is 6.21. The number of carbonyl (C=O) groups excluding carboxylic acids is 2. The average molecular weight is 460 g/mol. The van der Waals surface area contributed by atoms with Gasteiger partial charge in [0.15, 0.2) is 0 Å². The second-order valence-corrected chi connectivity index (χ2v) is 10.5. The predicted octanol–water partition coefficient (Wildman–Crippen LogP) is 5.30. The standard InChI is InChI=1S/C27H45N3O3/c1-7-8-9-10-15-22(18-21-14-11-16-23(19-21)33-6)28-26(32)29-24(27(3,4)5)25(31)30-17-12-13-20(30)2/h11,14,16,19-20,22,24H,7-10,12-13,15,17-18H2,1-6H3,(H2,28,29,32). The number of urea groups is 1. The van der Waals surface area contributed by atoms with E-state index in [9.17, 15) is 9.59 Å². The highest BCUT2D eigenvalue weighted by Crippen LogP contribution is 2.25. The molecule has 0 saturated carbocycles. The van der Waals surface area contributed by atoms with Crippen molar-refractivity contribution in [2.24, 2.45) is 5.41 Å². The van der Waals surface area contributed by atoms with Crippen LogP contribution in [0.4, 0.5) is 4.79 Å². The van der Waals surface area contributed by atoms with Crippen LogP contribution < -0.4 is 15.4 Å². The number of nitrogens with one attached hydrogen (secondary N) is 2. The van der Waals surface area contributed by atoms with Gasteiger partial charge < -0.3 is 20.3 Å². The van der Waals surface area contributed by atoms with Gasteiger partial charge in [0.1, 0.15) is 11.8 Å². The number of hydrogen-bond donors (Lipinski definition) is 2. The van der Waals surface area contributed by atoms with E-state index in [0.717, 1.165) is 56.4 Å². The van der Waals surface area contributed by atoms with Crippen LogP contribution in [0.1, 0.15) is 85.1 Å². The Morgan fingerprint density at radius 2 is 1.94 bits per heavy atom. The zero-order valence-electron chi connectivity index (χ0n) is 21.6. The number of likely N-dealkylation sites (tertiary alicyclic amines) is 1. The number of nitrogens with zero attached hydrogens (tertiary/aromatic N) is 1. The fourth-order valence-corrected chi connectivity index (χ4v) is 4.56. The molecule has 0 aromatic heterocycles. The van der Waals surface area contributed by atoms with Gasteiger partial charge in [0, 0.05) is 18.6 Å². The van der Waals surface area contributed by atoms with Gasteiger partial charge in [-0.25, -0.2) is 4.79 Å². The first kappa shape index (κ1) is 27.0. The number of benzene rings is 1. The van der Waals surface area contributed by atoms with Gasteiger partial charge in [-0.3, -0.25) is 4.79 Å². The zero-order chi connectivity index (χ0) is 24.4. The molecule has 1 saturated heterocycles. The third kappa shape index (κ3) is 8.56. The lowest BCUT2D eigenvalue weighted by atomic mass is 9.85. The first-order valence-corrected chi connectivity index (χ1v) is 12.7. The second kappa shape index (κ2) is 12.9. The highest BCUT2D eigenvalue weighted by molar-refractivity contribution is 5.88. The number of unbranched alkanes of at least 4 members (excludes halogenated alkanes) is 3. The van der Waals surface area contributed by atoms with Crippen molar-refractivity contribution in [3.63, 3.8) is 0 Å². The molecule has 1 fully saturated rings. The molecule has 33 heavy (non-hydrogen) atoms. The van der Waals surface area contributed by atoms with Crippen LogP contribution in [0.5, 0.6) is 5.75 Å². The van der Waals surface area contributed by atoms with Crippen molar-refractivity contribution in [3.8, 4) is 5.75 Å². The summed E-state index contributed by atoms with van der Waals surface area (Å²) in [6.07, 6.45) is 8.28. The van der Waals surface area contributed by atoms with E-state index in [4.69, 9.17) is 4.74 Å². The Morgan fingerprint density at radius 1 is 1.18 bits per heavy atom. The van der Waals surface area contributed by atoms with E-state index in [1.165, 1.54) is 12.8 Å². The van der Waals surface area contributed by atoms with E-state index in [1.54, 1.807) is 7.11 Å². The van der Waals surface area contributed by atoms with Crippen LogP contribution in [-0.4, -0.2) is 48.6 Å². The predicted molar refractivity (Wildman–Crippen MR) is 135 cm³/mol. The van der Waals surface area contributed by atoms with Crippen molar-refractivity contribution in [1.29, 1.82) is 0 Å². The summed E-state index contributed by atoms with van der Waals surface area (Å²) < 4.78 is 5.36. The van der Waals surface area contributed by atoms with Crippen LogP contribution in [0.3, 0.4) is 0 Å². The Labute approximate surface area is 200 Å². The molecule has 1 aliphatic rings. The molecule has 0 bridgehead atoms. The molecule has 3 amide bonds. The van der Waals surface area contributed by atoms with Gasteiger partial charge in [-0.2, -0.15) is 0 Å². The summed E-state index contributed by atoms with van der Waals surface area (Å²) >= 11 is 0. The Hall–Kier alpha value is -2.24. The molecule has 0 radical (unpaired) electrons. The Bertz CT molecular complexity index is 759. The smallest absolute Gasteiger partial charge is 0.315 e. The summed E-state index contributed by atoms with van der Waals surface area (Å²) in [6, 6.07) is 7.40. The maximum Gasteiger partial charge on any atom is 0.315 e. The minimum atomic E-state index is -0.560. The van der Waals surface area contributed by atoms with Crippen molar-refractivity contribution >= 4 is 11.9 Å². The summed E-state index contributed by atoms with van der Waals surface area (Å²) in [4.78, 5) is 28.3. The van der Waals surface area contributed by atoms with E-state index in [0.29, 0.717) is 0 Å². The van der Waals surface area contributed by atoms with Crippen molar-refractivity contribution in [2.75, 3.05) is 13.7 Å². The second-order valence-electron chi connectivity index (χ2n) is 10.5. The largest absolute Gasteiger partial charge is 0.497 e. The maximum atomic E-state index is 13.3. The minimum Gasteiger partial charge on any atom is -0.497 e. The number of carbonyl (C=O) groups is 2. The van der Waals surface area contributed by atoms with Gasteiger partial charge >= 0.3 is 6.03 Å². The Morgan fingerprint density at radius 3 is 2.55 bits per heavy atom. The summed E-state index contributed by atoms with van der Waals surface area (Å²) in [6.45, 7) is 11.1. The zero-order valence-corrected chi connectivity index (χ0v) is 21.6. The monoisotopic (exact) mass is 459 g/mol. The van der Waals surface area contributed by atoms with Crippen molar-refractivity contribution < 1.29 is 14.3 Å². The normalized spacial score (nSPS) is 18.0. The van der Waals surface area contributed by atoms with Crippen LogP contribution in [0, 0.1) is 5.41 Å². The SMILES string of the molecule is CCCCCCC(Cc1cccc(OC)c1)NC(=O)NC(C(=O)N1CCCC1C)C(C)(C)C. The number of methoxy groups -OCH3 is 1. The lowest BCUT2D eigenvalue weighted by molar-refractivity contribution is -0.136. The molecule has 1 aromatic rings. The van der Waals surface area contributed by atoms with Crippen LogP contribution in [0.15, 0.2) is 24.3 Å². The molecule has 3 unspecified atom stereocenters. The van der Waals surface area contributed by atoms with Gasteiger partial charge in [-0.1, -0.05) is 65.5 Å². The fraction of sp³-hybridized carbons (Fsp3) is 0.704. The van der Waals surface area contributed by atoms with Crippen LogP contribution in [0.25, 0.3) is 0 Å². The quantitative estimate of drug-likeness (QED) is 0.441. The van der Waals surface area contributed by atoms with E-state index in [-0.39, 0.29) is 29.4 Å². The van der Waals surface area contributed by atoms with Gasteiger partial charge in [-0.15, -0.1) is 0 Å². The van der Waals surface area contributed by atoms with E-state index in [2.05, 4.69) is 30.5 Å². The van der Waals surface area contributed by atoms with Gasteiger partial charge in [0.05, 0.1) is 7.11 Å². The minimum absolute atomic E-state index is 0.00427. The molecular formula is C27H45N3O3. The van der Waals surface area contributed by atoms with Crippen LogP contribution >= 0.6 is 0 Å². The Balaban J connectivity index is 2.08. The summed E-state index contributed by atoms with van der Waals surface area (Å²) in [7, 11) is 1.66. The Kier molecular flexibility index (Phi) is 10.5. The molecule has 0 spiro atoms. The molecule has 3 atom stereocenters. The molecule has 186 valence electrons. The summed E-state index contributed by atoms with van der Waals surface area (Å²) in [5.41, 5.74) is 0.754. The molecule has 6 nitrogen and oxygen atoms in total. The first-order chi connectivity index (χ1) is 15.7. The lowest BCUT2D eigenvalue weighted by Gasteiger charge is -2.35. The number of rotatable bonds is 11. The van der Waals surface area contributed by atoms with Crippen LogP contribution in [0.2, 0.25) is 0 Å². The third-order valence-corrected chi connectivity index (χ3v) is 6.58. The molecule has 1 heterocycles. The van der Waals surface area contributed by atoms with E-state index in [1.807, 2.05) is 43.9 Å². The first-order valence-electron chi connectivity index (χ1n) is 12.7. The van der Waals surface area contributed by atoms with Crippen molar-refractivity contribution in [2.45, 2.75) is 104 Å². The average Bonchev–Trinajstić information content (AvgIpc) is 3.19. The summed E-state index contributed by atoms with van der Waals surface area (Å²) in [5.74, 6) is 0.842. The molecule has 2 N–H and O–H groups in total. The van der Waals surface area contributed by atoms with Crippen LogP contribution in [-0.2, 0) is 11.2 Å².